The largest absolute Gasteiger partial charge is 0.282 e. The molecule has 21 heavy (non-hydrogen) atoms. The van der Waals surface area contributed by atoms with E-state index in [-0.39, 0.29) is 11.5 Å². The molecule has 0 saturated heterocycles. The fraction of sp³-hybridized carbons (Fsp3) is 0.143. The van der Waals surface area contributed by atoms with Crippen molar-refractivity contribution in [1.82, 2.24) is 4.89 Å². The van der Waals surface area contributed by atoms with Gasteiger partial charge in [-0.1, -0.05) is 51.1 Å². The maximum atomic E-state index is 12.2. The van der Waals surface area contributed by atoms with Gasteiger partial charge in [0.05, 0.1) is 11.5 Å². The van der Waals surface area contributed by atoms with E-state index in [4.69, 9.17) is 4.84 Å². The molecule has 2 aromatic rings. The van der Waals surface area contributed by atoms with Gasteiger partial charge in [0.1, 0.15) is 0 Å². The molecule has 0 aliphatic heterocycles. The molecule has 4 nitrogen and oxygen atoms in total. The summed E-state index contributed by atoms with van der Waals surface area (Å²) in [5.41, 5.74) is 1.82. The summed E-state index contributed by atoms with van der Waals surface area (Å²) >= 11 is 6.58. The first-order valence-electron chi connectivity index (χ1n) is 6.03. The molecule has 112 valence electrons. The predicted octanol–water partition coefficient (Wildman–Crippen LogP) is 3.93. The van der Waals surface area contributed by atoms with Crippen LogP contribution in [0.4, 0.5) is 0 Å². The zero-order chi connectivity index (χ0) is 15.5. The van der Waals surface area contributed by atoms with Crippen molar-refractivity contribution in [3.63, 3.8) is 0 Å². The Morgan fingerprint density at radius 3 is 2.43 bits per heavy atom. The summed E-state index contributed by atoms with van der Waals surface area (Å²) in [6, 6.07) is 12.6. The predicted molar refractivity (Wildman–Crippen MR) is 88.1 cm³/mol. The summed E-state index contributed by atoms with van der Waals surface area (Å²) in [4.78, 5) is 7.34. The minimum Gasteiger partial charge on any atom is -0.282 e. The third kappa shape index (κ3) is 4.37. The molecule has 0 aromatic heterocycles. The number of aryl methyl sites for hydroxylation is 1. The quantitative estimate of drug-likeness (QED) is 0.725. The highest BCUT2D eigenvalue weighted by atomic mass is 79.9. The van der Waals surface area contributed by atoms with E-state index in [1.54, 1.807) is 6.07 Å². The number of benzene rings is 2. The standard InChI is InChI=1S/C14H13Br2NO3S/c1-10-7-13(16)14(8-12(10)15)21(18,19)17-20-9-11-5-3-2-4-6-11/h2-8,17H,9H2,1H3. The molecule has 0 bridgehead atoms. The van der Waals surface area contributed by atoms with Gasteiger partial charge in [0, 0.05) is 8.95 Å². The maximum Gasteiger partial charge on any atom is 0.263 e. The lowest BCUT2D eigenvalue weighted by molar-refractivity contribution is 0.0795. The second kappa shape index (κ2) is 7.02. The molecule has 0 aliphatic rings. The van der Waals surface area contributed by atoms with Crippen LogP contribution in [-0.2, 0) is 21.5 Å². The zero-order valence-electron chi connectivity index (χ0n) is 11.1. The lowest BCUT2D eigenvalue weighted by Crippen LogP contribution is -2.24. The first kappa shape index (κ1) is 16.6. The Labute approximate surface area is 140 Å². The Bertz CT molecular complexity index is 733. The molecule has 0 heterocycles. The SMILES string of the molecule is Cc1cc(Br)c(S(=O)(=O)NOCc2ccccc2)cc1Br. The number of hydrogen-bond acceptors (Lipinski definition) is 3. The van der Waals surface area contributed by atoms with E-state index in [9.17, 15) is 8.42 Å². The van der Waals surface area contributed by atoms with Crippen LogP contribution in [0.1, 0.15) is 11.1 Å². The number of hydrogen-bond donors (Lipinski definition) is 1. The van der Waals surface area contributed by atoms with E-state index in [2.05, 4.69) is 36.7 Å². The highest BCUT2D eigenvalue weighted by Crippen LogP contribution is 2.28. The van der Waals surface area contributed by atoms with Crippen molar-refractivity contribution in [3.05, 3.63) is 62.5 Å². The summed E-state index contributed by atoms with van der Waals surface area (Å²) in [6.45, 7) is 2.04. The van der Waals surface area contributed by atoms with Crippen molar-refractivity contribution in [3.8, 4) is 0 Å². The van der Waals surface area contributed by atoms with Crippen molar-refractivity contribution in [2.24, 2.45) is 0 Å². The van der Waals surface area contributed by atoms with Crippen molar-refractivity contribution >= 4 is 41.9 Å². The Morgan fingerprint density at radius 2 is 1.76 bits per heavy atom. The Hall–Kier alpha value is -0.730. The molecule has 0 atom stereocenters. The van der Waals surface area contributed by atoms with Gasteiger partial charge < -0.3 is 0 Å². The van der Waals surface area contributed by atoms with Crippen LogP contribution >= 0.6 is 31.9 Å². The summed E-state index contributed by atoms with van der Waals surface area (Å²) in [5, 5.41) is 0. The van der Waals surface area contributed by atoms with Crippen LogP contribution in [0.2, 0.25) is 0 Å². The average molecular weight is 435 g/mol. The maximum absolute atomic E-state index is 12.2. The van der Waals surface area contributed by atoms with Gasteiger partial charge in [0.15, 0.2) is 0 Å². The summed E-state index contributed by atoms with van der Waals surface area (Å²) in [7, 11) is -3.75. The molecule has 0 unspecified atom stereocenters. The fourth-order valence-electron chi connectivity index (χ4n) is 1.64. The molecule has 1 N–H and O–H groups in total. The second-order valence-corrected chi connectivity index (χ2v) is 7.71. The molecule has 2 rings (SSSR count). The van der Waals surface area contributed by atoms with Crippen LogP contribution in [0.15, 0.2) is 56.3 Å². The monoisotopic (exact) mass is 433 g/mol. The molecular weight excluding hydrogens is 422 g/mol. The molecule has 0 amide bonds. The Kier molecular flexibility index (Phi) is 5.56. The first-order chi connectivity index (χ1) is 9.90. The molecule has 0 saturated carbocycles. The van der Waals surface area contributed by atoms with Gasteiger partial charge in [0.25, 0.3) is 10.0 Å². The minimum absolute atomic E-state index is 0.119. The number of halogens is 2. The lowest BCUT2D eigenvalue weighted by Gasteiger charge is -2.10. The smallest absolute Gasteiger partial charge is 0.263 e. The van der Waals surface area contributed by atoms with E-state index < -0.39 is 10.0 Å². The summed E-state index contributed by atoms with van der Waals surface area (Å²) < 4.78 is 25.6. The van der Waals surface area contributed by atoms with E-state index in [1.807, 2.05) is 37.3 Å². The van der Waals surface area contributed by atoms with E-state index in [0.717, 1.165) is 11.1 Å². The second-order valence-electron chi connectivity index (χ2n) is 4.39. The normalized spacial score (nSPS) is 11.6. The van der Waals surface area contributed by atoms with Crippen molar-refractivity contribution in [2.75, 3.05) is 0 Å². The molecule has 0 spiro atoms. The third-order valence-electron chi connectivity index (χ3n) is 2.75. The first-order valence-corrected chi connectivity index (χ1v) is 9.10. The zero-order valence-corrected chi connectivity index (χ0v) is 15.1. The van der Waals surface area contributed by atoms with E-state index in [1.165, 1.54) is 6.07 Å². The Morgan fingerprint density at radius 1 is 1.10 bits per heavy atom. The highest BCUT2D eigenvalue weighted by Gasteiger charge is 2.19. The van der Waals surface area contributed by atoms with Crippen LogP contribution in [-0.4, -0.2) is 8.42 Å². The number of rotatable bonds is 5. The van der Waals surface area contributed by atoms with Crippen molar-refractivity contribution < 1.29 is 13.3 Å². The van der Waals surface area contributed by atoms with Crippen LogP contribution in [0.3, 0.4) is 0 Å². The molecule has 0 fully saturated rings. The molecule has 7 heteroatoms. The van der Waals surface area contributed by atoms with Crippen LogP contribution in [0, 0.1) is 6.92 Å². The van der Waals surface area contributed by atoms with Crippen LogP contribution in [0.5, 0.6) is 0 Å². The topological polar surface area (TPSA) is 55.4 Å². The minimum atomic E-state index is -3.75. The van der Waals surface area contributed by atoms with Gasteiger partial charge in [-0.15, -0.1) is 0 Å². The van der Waals surface area contributed by atoms with Crippen molar-refractivity contribution in [2.45, 2.75) is 18.4 Å². The van der Waals surface area contributed by atoms with Gasteiger partial charge in [-0.3, -0.25) is 4.84 Å². The van der Waals surface area contributed by atoms with Crippen LogP contribution < -0.4 is 4.89 Å². The molecule has 0 aliphatic carbocycles. The van der Waals surface area contributed by atoms with Gasteiger partial charge in [-0.25, -0.2) is 8.42 Å². The lowest BCUT2D eigenvalue weighted by atomic mass is 10.2. The highest BCUT2D eigenvalue weighted by molar-refractivity contribution is 9.11. The van der Waals surface area contributed by atoms with E-state index in [0.29, 0.717) is 8.95 Å². The van der Waals surface area contributed by atoms with Gasteiger partial charge >= 0.3 is 0 Å². The fourth-order valence-corrected chi connectivity index (χ4v) is 4.13. The van der Waals surface area contributed by atoms with E-state index >= 15 is 0 Å². The van der Waals surface area contributed by atoms with Crippen LogP contribution in [0.25, 0.3) is 0 Å². The number of sulfonamides is 1. The van der Waals surface area contributed by atoms with Gasteiger partial charge in [-0.2, -0.15) is 0 Å². The average Bonchev–Trinajstić information content (AvgIpc) is 2.43. The summed E-state index contributed by atoms with van der Waals surface area (Å²) in [6.07, 6.45) is 0. The summed E-state index contributed by atoms with van der Waals surface area (Å²) in [5.74, 6) is 0. The third-order valence-corrected chi connectivity index (χ3v) is 5.78. The Balaban J connectivity index is 2.10. The molecular formula is C14H13Br2NO3S. The number of nitrogens with one attached hydrogen (secondary N) is 1. The molecule has 0 radical (unpaired) electrons. The van der Waals surface area contributed by atoms with Gasteiger partial charge in [-0.05, 0) is 46.1 Å². The van der Waals surface area contributed by atoms with Crippen molar-refractivity contribution in [1.29, 1.82) is 0 Å². The molecule has 2 aromatic carbocycles. The van der Waals surface area contributed by atoms with Gasteiger partial charge in [0.2, 0.25) is 0 Å².